The highest BCUT2D eigenvalue weighted by Gasteiger charge is 2.07. The zero-order valence-corrected chi connectivity index (χ0v) is 9.99. The molecule has 14 heavy (non-hydrogen) atoms. The van der Waals surface area contributed by atoms with E-state index >= 15 is 0 Å². The van der Waals surface area contributed by atoms with E-state index in [9.17, 15) is 0 Å². The van der Waals surface area contributed by atoms with Gasteiger partial charge in [-0.25, -0.2) is 0 Å². The normalized spacial score (nSPS) is 10.4. The lowest BCUT2D eigenvalue weighted by Crippen LogP contribution is -1.81. The molecule has 1 heterocycles. The Hall–Kier alpha value is -0.620. The fourth-order valence-corrected chi connectivity index (χ4v) is 1.70. The second-order valence-corrected chi connectivity index (χ2v) is 4.17. The number of hydrogen-bond acceptors (Lipinski definition) is 3. The van der Waals surface area contributed by atoms with Crippen molar-refractivity contribution in [2.24, 2.45) is 0 Å². The number of hydrogen-bond donors (Lipinski definition) is 0. The van der Waals surface area contributed by atoms with Gasteiger partial charge in [-0.05, 0) is 40.8 Å². The molecule has 0 saturated carbocycles. The summed E-state index contributed by atoms with van der Waals surface area (Å²) in [5.41, 5.74) is 0.917. The number of halogens is 2. The molecule has 2 aromatic rings. The number of benzene rings is 1. The van der Waals surface area contributed by atoms with Crippen LogP contribution < -0.4 is 0 Å². The maximum absolute atomic E-state index is 5.57. The maximum atomic E-state index is 5.57. The molecule has 0 fully saturated rings. The van der Waals surface area contributed by atoms with Crippen LogP contribution in [0.4, 0.5) is 0 Å². The first-order valence-electron chi connectivity index (χ1n) is 3.94. The van der Waals surface area contributed by atoms with Crippen molar-refractivity contribution < 1.29 is 4.52 Å². The van der Waals surface area contributed by atoms with Crippen molar-refractivity contribution in [2.45, 2.75) is 5.88 Å². The number of rotatable bonds is 2. The summed E-state index contributed by atoms with van der Waals surface area (Å²) in [6, 6.07) is 7.85. The summed E-state index contributed by atoms with van der Waals surface area (Å²) in [4.78, 5) is 4.13. The van der Waals surface area contributed by atoms with Gasteiger partial charge in [0.05, 0.1) is 5.88 Å². The zero-order valence-electron chi connectivity index (χ0n) is 7.08. The molecule has 0 radical (unpaired) electrons. The lowest BCUT2D eigenvalue weighted by Gasteiger charge is -1.93. The summed E-state index contributed by atoms with van der Waals surface area (Å²) in [5, 5.41) is 3.72. The lowest BCUT2D eigenvalue weighted by atomic mass is 10.2. The Labute approximate surface area is 99.6 Å². The highest BCUT2D eigenvalue weighted by molar-refractivity contribution is 14.1. The van der Waals surface area contributed by atoms with Gasteiger partial charge in [0, 0.05) is 9.13 Å². The molecule has 0 unspecified atom stereocenters. The van der Waals surface area contributed by atoms with Crippen molar-refractivity contribution in [1.29, 1.82) is 0 Å². The smallest absolute Gasteiger partial charge is 0.257 e. The van der Waals surface area contributed by atoms with Crippen LogP contribution in [0.15, 0.2) is 28.8 Å². The van der Waals surface area contributed by atoms with E-state index in [-0.39, 0.29) is 5.88 Å². The summed E-state index contributed by atoms with van der Waals surface area (Å²) in [5.74, 6) is 1.30. The Balaban J connectivity index is 2.39. The molecule has 0 N–H and O–H groups in total. The zero-order chi connectivity index (χ0) is 9.97. The summed E-state index contributed by atoms with van der Waals surface area (Å²) in [6.07, 6.45) is 0. The van der Waals surface area contributed by atoms with Crippen LogP contribution >= 0.6 is 34.2 Å². The Morgan fingerprint density at radius 1 is 1.43 bits per heavy atom. The fraction of sp³-hybridized carbons (Fsp3) is 0.111. The third-order valence-electron chi connectivity index (χ3n) is 1.66. The van der Waals surface area contributed by atoms with E-state index < -0.39 is 0 Å². The number of aromatic nitrogens is 2. The quantitative estimate of drug-likeness (QED) is 0.630. The van der Waals surface area contributed by atoms with Crippen molar-refractivity contribution in [1.82, 2.24) is 10.1 Å². The van der Waals surface area contributed by atoms with Gasteiger partial charge in [-0.15, -0.1) is 11.6 Å². The third kappa shape index (κ3) is 2.06. The Morgan fingerprint density at radius 3 is 2.93 bits per heavy atom. The van der Waals surface area contributed by atoms with E-state index in [1.54, 1.807) is 0 Å². The minimum absolute atomic E-state index is 0.271. The molecular formula is C9H6ClIN2O. The van der Waals surface area contributed by atoms with Gasteiger partial charge in [0.2, 0.25) is 0 Å². The standard InChI is InChI=1S/C9H6ClIN2O/c10-5-8-12-9(14-13-8)6-2-1-3-7(11)4-6/h1-4H,5H2. The van der Waals surface area contributed by atoms with Crippen molar-refractivity contribution in [3.8, 4) is 11.5 Å². The first kappa shape index (κ1) is 9.92. The summed E-state index contributed by atoms with van der Waals surface area (Å²) in [7, 11) is 0. The molecule has 0 amide bonds. The SMILES string of the molecule is ClCc1noc(-c2cccc(I)c2)n1. The molecule has 0 aliphatic heterocycles. The van der Waals surface area contributed by atoms with Gasteiger partial charge in [-0.2, -0.15) is 4.98 Å². The van der Waals surface area contributed by atoms with Gasteiger partial charge in [-0.1, -0.05) is 11.2 Å². The van der Waals surface area contributed by atoms with Crippen molar-refractivity contribution in [3.05, 3.63) is 33.7 Å². The Kier molecular flexibility index (Phi) is 3.02. The van der Waals surface area contributed by atoms with Crippen LogP contribution in [0.2, 0.25) is 0 Å². The van der Waals surface area contributed by atoms with Gasteiger partial charge in [-0.3, -0.25) is 0 Å². The van der Waals surface area contributed by atoms with Crippen LogP contribution in [0.25, 0.3) is 11.5 Å². The minimum Gasteiger partial charge on any atom is -0.334 e. The van der Waals surface area contributed by atoms with E-state index in [1.807, 2.05) is 24.3 Å². The van der Waals surface area contributed by atoms with Gasteiger partial charge in [0.1, 0.15) is 0 Å². The first-order valence-corrected chi connectivity index (χ1v) is 5.55. The van der Waals surface area contributed by atoms with E-state index in [4.69, 9.17) is 16.1 Å². The predicted molar refractivity (Wildman–Crippen MR) is 62.0 cm³/mol. The largest absolute Gasteiger partial charge is 0.334 e. The molecule has 0 atom stereocenters. The van der Waals surface area contributed by atoms with Crippen molar-refractivity contribution >= 4 is 34.2 Å². The topological polar surface area (TPSA) is 38.9 Å². The highest BCUT2D eigenvalue weighted by atomic mass is 127. The molecule has 5 heteroatoms. The molecule has 72 valence electrons. The molecule has 0 aliphatic rings. The molecule has 0 aliphatic carbocycles. The van der Waals surface area contributed by atoms with Crippen LogP contribution in [0.3, 0.4) is 0 Å². The van der Waals surface area contributed by atoms with Crippen LogP contribution in [-0.4, -0.2) is 10.1 Å². The van der Waals surface area contributed by atoms with Crippen LogP contribution in [0.1, 0.15) is 5.82 Å². The third-order valence-corrected chi connectivity index (χ3v) is 2.57. The van der Waals surface area contributed by atoms with E-state index in [0.29, 0.717) is 11.7 Å². The summed E-state index contributed by atoms with van der Waals surface area (Å²) >= 11 is 7.80. The molecule has 0 bridgehead atoms. The second kappa shape index (κ2) is 4.27. The maximum Gasteiger partial charge on any atom is 0.257 e. The fourth-order valence-electron chi connectivity index (χ4n) is 1.05. The molecule has 0 saturated heterocycles. The van der Waals surface area contributed by atoms with E-state index in [2.05, 4.69) is 32.7 Å². The van der Waals surface area contributed by atoms with Crippen molar-refractivity contribution in [2.75, 3.05) is 0 Å². The van der Waals surface area contributed by atoms with Gasteiger partial charge >= 0.3 is 0 Å². The first-order chi connectivity index (χ1) is 6.79. The second-order valence-electron chi connectivity index (χ2n) is 2.66. The molecule has 1 aromatic heterocycles. The Bertz CT molecular complexity index is 444. The minimum atomic E-state index is 0.271. The highest BCUT2D eigenvalue weighted by Crippen LogP contribution is 2.19. The van der Waals surface area contributed by atoms with Crippen LogP contribution in [0.5, 0.6) is 0 Å². The molecule has 0 spiro atoms. The average molecular weight is 321 g/mol. The summed E-state index contributed by atoms with van der Waals surface area (Å²) in [6.45, 7) is 0. The lowest BCUT2D eigenvalue weighted by molar-refractivity contribution is 0.425. The van der Waals surface area contributed by atoms with Gasteiger partial charge < -0.3 is 4.52 Å². The molecule has 2 rings (SSSR count). The molecular weight excluding hydrogens is 314 g/mol. The van der Waals surface area contributed by atoms with E-state index in [1.165, 1.54) is 0 Å². The monoisotopic (exact) mass is 320 g/mol. The van der Waals surface area contributed by atoms with E-state index in [0.717, 1.165) is 9.13 Å². The van der Waals surface area contributed by atoms with Crippen molar-refractivity contribution in [3.63, 3.8) is 0 Å². The van der Waals surface area contributed by atoms with Crippen LogP contribution in [-0.2, 0) is 5.88 Å². The van der Waals surface area contributed by atoms with Gasteiger partial charge in [0.25, 0.3) is 5.89 Å². The number of alkyl halides is 1. The summed E-state index contributed by atoms with van der Waals surface area (Å²) < 4.78 is 6.18. The average Bonchev–Trinajstić information content (AvgIpc) is 2.66. The molecule has 3 nitrogen and oxygen atoms in total. The number of nitrogens with zero attached hydrogens (tertiary/aromatic N) is 2. The molecule has 1 aromatic carbocycles. The van der Waals surface area contributed by atoms with Gasteiger partial charge in [0.15, 0.2) is 5.82 Å². The Morgan fingerprint density at radius 2 is 2.29 bits per heavy atom. The predicted octanol–water partition coefficient (Wildman–Crippen LogP) is 3.08. The van der Waals surface area contributed by atoms with Crippen LogP contribution in [0, 0.1) is 3.57 Å².